The lowest BCUT2D eigenvalue weighted by molar-refractivity contribution is -0.141. The largest absolute Gasteiger partial charge is 0.431 e. The number of halogens is 3. The van der Waals surface area contributed by atoms with E-state index in [4.69, 9.17) is 5.73 Å². The molecule has 2 aromatic heterocycles. The molecule has 0 aliphatic heterocycles. The fraction of sp³-hybridized carbons (Fsp3) is 0.143. The van der Waals surface area contributed by atoms with Gasteiger partial charge in [-0.15, -0.1) is 10.2 Å². The predicted octanol–water partition coefficient (Wildman–Crippen LogP) is 1.33. The number of hydrogen-bond donors (Lipinski definition) is 1. The van der Waals surface area contributed by atoms with Gasteiger partial charge < -0.3 is 5.73 Å². The van der Waals surface area contributed by atoms with Crippen molar-refractivity contribution in [1.29, 1.82) is 0 Å². The number of rotatable bonds is 0. The molecule has 0 aliphatic rings. The average molecular weight is 202 g/mol. The molecule has 0 fully saturated rings. The first kappa shape index (κ1) is 8.79. The van der Waals surface area contributed by atoms with Gasteiger partial charge in [0.15, 0.2) is 5.65 Å². The first-order valence-corrected chi connectivity index (χ1v) is 3.67. The van der Waals surface area contributed by atoms with E-state index in [2.05, 4.69) is 10.2 Å². The van der Waals surface area contributed by atoms with Crippen LogP contribution in [0, 0.1) is 0 Å². The predicted molar refractivity (Wildman–Crippen MR) is 42.4 cm³/mol. The van der Waals surface area contributed by atoms with E-state index in [1.807, 2.05) is 0 Å². The number of fused-ring (bicyclic) bond motifs is 1. The number of hydrogen-bond acceptors (Lipinski definition) is 3. The zero-order valence-corrected chi connectivity index (χ0v) is 6.78. The summed E-state index contributed by atoms with van der Waals surface area (Å²) in [4.78, 5) is 0. The van der Waals surface area contributed by atoms with Crippen LogP contribution in [0.15, 0.2) is 18.2 Å². The Kier molecular flexibility index (Phi) is 1.63. The van der Waals surface area contributed by atoms with E-state index in [9.17, 15) is 13.2 Å². The number of nitrogens with two attached hydrogens (primary N) is 1. The summed E-state index contributed by atoms with van der Waals surface area (Å²) in [5.74, 6) is -0.270. The summed E-state index contributed by atoms with van der Waals surface area (Å²) in [5, 5.41) is 6.84. The van der Waals surface area contributed by atoms with Crippen molar-refractivity contribution in [2.75, 3.05) is 5.73 Å². The minimum atomic E-state index is -4.46. The highest BCUT2D eigenvalue weighted by molar-refractivity contribution is 5.45. The van der Waals surface area contributed by atoms with Crippen molar-refractivity contribution >= 4 is 11.6 Å². The summed E-state index contributed by atoms with van der Waals surface area (Å²) in [7, 11) is 0. The third-order valence-corrected chi connectivity index (χ3v) is 1.74. The van der Waals surface area contributed by atoms with E-state index >= 15 is 0 Å². The summed E-state index contributed by atoms with van der Waals surface area (Å²) >= 11 is 0. The zero-order valence-electron chi connectivity index (χ0n) is 6.78. The molecule has 0 spiro atoms. The number of alkyl halides is 3. The van der Waals surface area contributed by atoms with Gasteiger partial charge in [0.05, 0.1) is 0 Å². The van der Waals surface area contributed by atoms with Gasteiger partial charge in [-0.3, -0.25) is 4.40 Å². The van der Waals surface area contributed by atoms with E-state index < -0.39 is 11.9 Å². The van der Waals surface area contributed by atoms with Crippen LogP contribution in [0.1, 0.15) is 5.69 Å². The Labute approximate surface area is 76.2 Å². The molecule has 0 bridgehead atoms. The highest BCUT2D eigenvalue weighted by Gasteiger charge is 2.34. The quantitative estimate of drug-likeness (QED) is 0.701. The monoisotopic (exact) mass is 202 g/mol. The molecule has 0 aliphatic carbocycles. The second kappa shape index (κ2) is 2.60. The van der Waals surface area contributed by atoms with Crippen LogP contribution in [0.2, 0.25) is 0 Å². The van der Waals surface area contributed by atoms with Gasteiger partial charge in [0.1, 0.15) is 5.69 Å². The van der Waals surface area contributed by atoms with Gasteiger partial charge in [0.25, 0.3) is 0 Å². The molecule has 0 radical (unpaired) electrons. The van der Waals surface area contributed by atoms with E-state index in [1.54, 1.807) is 0 Å². The Bertz CT molecular complexity index is 473. The standard InChI is InChI=1S/C7H5F3N4/c8-7(9,10)4-2-1-3-5-12-13-6(11)14(4)5/h1-3H,(H2,11,13). The van der Waals surface area contributed by atoms with Gasteiger partial charge >= 0.3 is 6.18 Å². The normalized spacial score (nSPS) is 12.2. The van der Waals surface area contributed by atoms with Crippen molar-refractivity contribution in [1.82, 2.24) is 14.6 Å². The summed E-state index contributed by atoms with van der Waals surface area (Å²) in [5.41, 5.74) is 4.47. The van der Waals surface area contributed by atoms with Crippen molar-refractivity contribution < 1.29 is 13.2 Å². The van der Waals surface area contributed by atoms with Gasteiger partial charge in [0.2, 0.25) is 5.95 Å². The molecular formula is C7H5F3N4. The van der Waals surface area contributed by atoms with Crippen LogP contribution in [0.4, 0.5) is 19.1 Å². The van der Waals surface area contributed by atoms with Gasteiger partial charge in [-0.1, -0.05) is 6.07 Å². The van der Waals surface area contributed by atoms with Crippen LogP contribution in [0.25, 0.3) is 5.65 Å². The first-order valence-electron chi connectivity index (χ1n) is 3.67. The molecule has 2 N–H and O–H groups in total. The molecule has 2 rings (SSSR count). The lowest BCUT2D eigenvalue weighted by Crippen LogP contribution is -2.12. The summed E-state index contributed by atoms with van der Waals surface area (Å²) in [6.45, 7) is 0. The first-order chi connectivity index (χ1) is 6.50. The smallest absolute Gasteiger partial charge is 0.368 e. The summed E-state index contributed by atoms with van der Waals surface area (Å²) in [6.07, 6.45) is -4.46. The molecule has 0 saturated heterocycles. The van der Waals surface area contributed by atoms with Crippen molar-refractivity contribution in [3.8, 4) is 0 Å². The molecule has 4 nitrogen and oxygen atoms in total. The molecular weight excluding hydrogens is 197 g/mol. The van der Waals surface area contributed by atoms with Gasteiger partial charge in [-0.2, -0.15) is 13.2 Å². The Hall–Kier alpha value is -1.79. The van der Waals surface area contributed by atoms with Crippen LogP contribution in [0.3, 0.4) is 0 Å². The van der Waals surface area contributed by atoms with Crippen molar-refractivity contribution in [2.45, 2.75) is 6.18 Å². The molecule has 74 valence electrons. The topological polar surface area (TPSA) is 56.2 Å². The Morgan fingerprint density at radius 2 is 1.93 bits per heavy atom. The van der Waals surface area contributed by atoms with Crippen LogP contribution >= 0.6 is 0 Å². The van der Waals surface area contributed by atoms with Gasteiger partial charge in [0, 0.05) is 0 Å². The SMILES string of the molecule is Nc1nnc2cccc(C(F)(F)F)n12. The maximum atomic E-state index is 12.4. The highest BCUT2D eigenvalue weighted by Crippen LogP contribution is 2.30. The molecule has 2 heterocycles. The summed E-state index contributed by atoms with van der Waals surface area (Å²) in [6, 6.07) is 3.58. The fourth-order valence-electron chi connectivity index (χ4n) is 1.19. The van der Waals surface area contributed by atoms with Gasteiger partial charge in [-0.25, -0.2) is 0 Å². The zero-order chi connectivity index (χ0) is 10.3. The Morgan fingerprint density at radius 3 is 2.57 bits per heavy atom. The highest BCUT2D eigenvalue weighted by atomic mass is 19.4. The lowest BCUT2D eigenvalue weighted by atomic mass is 10.3. The maximum absolute atomic E-state index is 12.4. The van der Waals surface area contributed by atoms with Crippen molar-refractivity contribution in [2.24, 2.45) is 0 Å². The minimum absolute atomic E-state index is 0.0809. The second-order valence-corrected chi connectivity index (χ2v) is 2.66. The number of nitrogens with zero attached hydrogens (tertiary/aromatic N) is 3. The molecule has 7 heteroatoms. The number of nitrogen functional groups attached to an aromatic ring is 1. The summed E-state index contributed by atoms with van der Waals surface area (Å²) < 4.78 is 38.1. The Balaban J connectivity index is 2.82. The molecule has 14 heavy (non-hydrogen) atoms. The van der Waals surface area contributed by atoms with Crippen LogP contribution < -0.4 is 5.73 Å². The number of anilines is 1. The molecule has 0 saturated carbocycles. The third kappa shape index (κ3) is 1.17. The lowest BCUT2D eigenvalue weighted by Gasteiger charge is -2.08. The molecule has 0 aromatic carbocycles. The average Bonchev–Trinajstić information content (AvgIpc) is 2.46. The third-order valence-electron chi connectivity index (χ3n) is 1.74. The maximum Gasteiger partial charge on any atom is 0.431 e. The minimum Gasteiger partial charge on any atom is -0.368 e. The van der Waals surface area contributed by atoms with Gasteiger partial charge in [-0.05, 0) is 12.1 Å². The van der Waals surface area contributed by atoms with Crippen LogP contribution in [-0.2, 0) is 6.18 Å². The number of pyridine rings is 1. The molecule has 2 aromatic rings. The fourth-order valence-corrected chi connectivity index (χ4v) is 1.19. The van der Waals surface area contributed by atoms with E-state index in [0.29, 0.717) is 0 Å². The molecule has 0 amide bonds. The van der Waals surface area contributed by atoms with Crippen molar-refractivity contribution in [3.63, 3.8) is 0 Å². The van der Waals surface area contributed by atoms with E-state index in [-0.39, 0.29) is 11.6 Å². The van der Waals surface area contributed by atoms with Crippen molar-refractivity contribution in [3.05, 3.63) is 23.9 Å². The van der Waals surface area contributed by atoms with E-state index in [1.165, 1.54) is 12.1 Å². The molecule has 0 atom stereocenters. The van der Waals surface area contributed by atoms with Crippen LogP contribution in [-0.4, -0.2) is 14.6 Å². The Morgan fingerprint density at radius 1 is 1.21 bits per heavy atom. The van der Waals surface area contributed by atoms with E-state index in [0.717, 1.165) is 10.5 Å². The van der Waals surface area contributed by atoms with Crippen LogP contribution in [0.5, 0.6) is 0 Å². The number of aromatic nitrogens is 3. The molecule has 0 unspecified atom stereocenters. The second-order valence-electron chi connectivity index (χ2n) is 2.66.